The van der Waals surface area contributed by atoms with E-state index in [0.717, 1.165) is 15.3 Å². The molecule has 0 saturated carbocycles. The molecule has 0 amide bonds. The van der Waals surface area contributed by atoms with Crippen LogP contribution in [-0.4, -0.2) is 34.0 Å². The van der Waals surface area contributed by atoms with E-state index in [1.54, 1.807) is 35.8 Å². The Bertz CT molecular complexity index is 873. The fraction of sp³-hybridized carbons (Fsp3) is 0.167. The minimum absolute atomic E-state index is 0.280. The van der Waals surface area contributed by atoms with Gasteiger partial charge < -0.3 is 0 Å². The maximum atomic E-state index is 14.0. The normalized spacial score (nSPS) is 10.9. The molecule has 0 unspecified atom stereocenters. The van der Waals surface area contributed by atoms with Crippen LogP contribution in [0.3, 0.4) is 0 Å². The number of rotatable bonds is 4. The van der Waals surface area contributed by atoms with Crippen molar-refractivity contribution in [2.75, 3.05) is 6.61 Å². The number of esters is 1. The van der Waals surface area contributed by atoms with Gasteiger partial charge in [-0.25, -0.2) is 0 Å². The molecule has 0 aliphatic rings. The summed E-state index contributed by atoms with van der Waals surface area (Å²) in [5, 5.41) is 0.933. The molecule has 0 aliphatic carbocycles. The molecular formula is C18H15AsFNO2. The number of hydrogen-bond acceptors (Lipinski definition) is 2. The quantitative estimate of drug-likeness (QED) is 0.522. The van der Waals surface area contributed by atoms with Gasteiger partial charge in [-0.2, -0.15) is 0 Å². The Morgan fingerprint density at radius 3 is 2.74 bits per heavy atom. The van der Waals surface area contributed by atoms with Crippen LogP contribution in [0.25, 0.3) is 10.9 Å². The van der Waals surface area contributed by atoms with Crippen molar-refractivity contribution in [2.24, 2.45) is 0 Å². The van der Waals surface area contributed by atoms with Gasteiger partial charge in [0.25, 0.3) is 0 Å². The topological polar surface area (TPSA) is 31.2 Å². The molecule has 1 heterocycles. The summed E-state index contributed by atoms with van der Waals surface area (Å²) in [7, 11) is 0. The summed E-state index contributed by atoms with van der Waals surface area (Å²) in [4.78, 5) is 12.3. The van der Waals surface area contributed by atoms with E-state index in [1.165, 1.54) is 6.07 Å². The molecule has 2 radical (unpaired) electrons. The summed E-state index contributed by atoms with van der Waals surface area (Å²) in [5.41, 5.74) is 1.85. The van der Waals surface area contributed by atoms with Gasteiger partial charge in [-0.3, -0.25) is 0 Å². The molecule has 0 spiro atoms. The number of hydrogen-bond donors (Lipinski definition) is 0. The predicted molar refractivity (Wildman–Crippen MR) is 88.8 cm³/mol. The van der Waals surface area contributed by atoms with Gasteiger partial charge in [-0.15, -0.1) is 0 Å². The second-order valence-electron chi connectivity index (χ2n) is 5.17. The summed E-state index contributed by atoms with van der Waals surface area (Å²) in [6.07, 6.45) is 0. The fourth-order valence-corrected chi connectivity index (χ4v) is 3.05. The van der Waals surface area contributed by atoms with E-state index in [0.29, 0.717) is 17.9 Å². The molecule has 0 atom stereocenters. The van der Waals surface area contributed by atoms with E-state index in [9.17, 15) is 9.18 Å². The first-order valence-corrected chi connectivity index (χ1v) is 8.26. The average Bonchev–Trinajstić information content (AvgIpc) is 2.87. The Balaban J connectivity index is 2.14. The third kappa shape index (κ3) is 3.18. The molecule has 116 valence electrons. The first-order valence-electron chi connectivity index (χ1n) is 7.33. The van der Waals surface area contributed by atoms with E-state index in [1.807, 2.05) is 18.2 Å². The van der Waals surface area contributed by atoms with Crippen molar-refractivity contribution in [1.29, 1.82) is 0 Å². The molecule has 0 bridgehead atoms. The van der Waals surface area contributed by atoms with Crippen LogP contribution < -0.4 is 4.35 Å². The molecule has 0 fully saturated rings. The van der Waals surface area contributed by atoms with Gasteiger partial charge in [-0.05, 0) is 0 Å². The molecule has 3 aromatic rings. The first kappa shape index (κ1) is 15.8. The van der Waals surface area contributed by atoms with Crippen molar-refractivity contribution in [2.45, 2.75) is 13.5 Å². The Hall–Kier alpha value is -2.06. The van der Waals surface area contributed by atoms with Gasteiger partial charge in [0.2, 0.25) is 0 Å². The molecule has 3 nitrogen and oxygen atoms in total. The van der Waals surface area contributed by atoms with Gasteiger partial charge in [-0.1, -0.05) is 0 Å². The molecule has 3 rings (SSSR count). The van der Waals surface area contributed by atoms with Gasteiger partial charge in [0.05, 0.1) is 0 Å². The van der Waals surface area contributed by atoms with Gasteiger partial charge in [0.15, 0.2) is 0 Å². The summed E-state index contributed by atoms with van der Waals surface area (Å²) in [6.45, 7) is 2.35. The molecule has 23 heavy (non-hydrogen) atoms. The van der Waals surface area contributed by atoms with Crippen LogP contribution in [0.15, 0.2) is 48.5 Å². The third-order valence-electron chi connectivity index (χ3n) is 3.66. The SMILES string of the molecule is CCOC(=O)c1cc2cc([As])ccc2n1Cc1ccccc1F. The monoisotopic (exact) mass is 371 g/mol. The van der Waals surface area contributed by atoms with Crippen LogP contribution in [0.2, 0.25) is 0 Å². The number of fused-ring (bicyclic) bond motifs is 1. The molecule has 1 aromatic heterocycles. The summed E-state index contributed by atoms with van der Waals surface area (Å²) in [5.74, 6) is -0.680. The summed E-state index contributed by atoms with van der Waals surface area (Å²) >= 11 is 2.47. The number of nitrogens with zero attached hydrogens (tertiary/aromatic N) is 1. The minimum atomic E-state index is -0.396. The van der Waals surface area contributed by atoms with E-state index in [2.05, 4.69) is 16.9 Å². The van der Waals surface area contributed by atoms with E-state index in [4.69, 9.17) is 4.74 Å². The average molecular weight is 371 g/mol. The number of ether oxygens (including phenoxy) is 1. The van der Waals surface area contributed by atoms with Crippen molar-refractivity contribution in [3.63, 3.8) is 0 Å². The fourth-order valence-electron chi connectivity index (χ4n) is 2.60. The Kier molecular flexibility index (Phi) is 4.53. The van der Waals surface area contributed by atoms with E-state index < -0.39 is 5.97 Å². The van der Waals surface area contributed by atoms with E-state index >= 15 is 0 Å². The van der Waals surface area contributed by atoms with Crippen LogP contribution in [0.4, 0.5) is 4.39 Å². The van der Waals surface area contributed by atoms with Crippen LogP contribution in [0.5, 0.6) is 0 Å². The van der Waals surface area contributed by atoms with Crippen molar-refractivity contribution in [1.82, 2.24) is 4.57 Å². The Morgan fingerprint density at radius 2 is 2.00 bits per heavy atom. The molecule has 0 aliphatic heterocycles. The van der Waals surface area contributed by atoms with Gasteiger partial charge in [0.1, 0.15) is 0 Å². The maximum absolute atomic E-state index is 14.0. The van der Waals surface area contributed by atoms with Crippen molar-refractivity contribution < 1.29 is 13.9 Å². The number of halogens is 1. The zero-order valence-corrected chi connectivity index (χ0v) is 14.5. The number of benzene rings is 2. The van der Waals surface area contributed by atoms with Crippen molar-refractivity contribution in [3.8, 4) is 0 Å². The van der Waals surface area contributed by atoms with Gasteiger partial charge >= 0.3 is 142 Å². The number of carbonyl (C=O) groups excluding carboxylic acids is 1. The van der Waals surface area contributed by atoms with E-state index in [-0.39, 0.29) is 12.4 Å². The molecular weight excluding hydrogens is 356 g/mol. The second-order valence-corrected chi connectivity index (χ2v) is 6.25. The zero-order chi connectivity index (χ0) is 16.4. The number of carbonyl (C=O) groups is 1. The zero-order valence-electron chi connectivity index (χ0n) is 12.6. The first-order chi connectivity index (χ1) is 11.1. The summed E-state index contributed by atoms with van der Waals surface area (Å²) < 4.78 is 22.0. The number of aromatic nitrogens is 1. The van der Waals surface area contributed by atoms with Crippen molar-refractivity contribution >= 4 is 38.1 Å². The molecule has 5 heteroatoms. The van der Waals surface area contributed by atoms with Crippen LogP contribution in [0, 0.1) is 5.82 Å². The summed E-state index contributed by atoms with van der Waals surface area (Å²) in [6, 6.07) is 14.3. The van der Waals surface area contributed by atoms with Crippen molar-refractivity contribution in [3.05, 3.63) is 65.6 Å². The third-order valence-corrected chi connectivity index (χ3v) is 4.24. The van der Waals surface area contributed by atoms with Crippen LogP contribution >= 0.6 is 0 Å². The predicted octanol–water partition coefficient (Wildman–Crippen LogP) is 2.80. The standard InChI is InChI=1S/C18H15AsFNO2/c1-2-23-18(22)17-10-13-9-14(19)7-8-16(13)21(17)11-12-5-3-4-6-15(12)20/h3-10H,2,11H2,1H3. The van der Waals surface area contributed by atoms with Crippen LogP contribution in [-0.2, 0) is 11.3 Å². The molecule has 2 aromatic carbocycles. The molecule has 0 saturated heterocycles. The molecule has 0 N–H and O–H groups in total. The Labute approximate surface area is 142 Å². The van der Waals surface area contributed by atoms with Gasteiger partial charge in [0, 0.05) is 0 Å². The Morgan fingerprint density at radius 1 is 1.22 bits per heavy atom. The second kappa shape index (κ2) is 6.59. The van der Waals surface area contributed by atoms with Crippen LogP contribution in [0.1, 0.15) is 23.0 Å².